The summed E-state index contributed by atoms with van der Waals surface area (Å²) in [6.07, 6.45) is 1.69. The van der Waals surface area contributed by atoms with Gasteiger partial charge in [-0.25, -0.2) is 9.79 Å². The molecule has 0 bridgehead atoms. The van der Waals surface area contributed by atoms with Crippen LogP contribution in [0.5, 0.6) is 11.5 Å². The maximum atomic E-state index is 13.6. The van der Waals surface area contributed by atoms with E-state index < -0.39 is 12.0 Å². The number of aromatic nitrogens is 1. The number of rotatable bonds is 6. The summed E-state index contributed by atoms with van der Waals surface area (Å²) in [5, 5.41) is 10.1. The second kappa shape index (κ2) is 9.79. The molecule has 9 heteroatoms. The highest BCUT2D eigenvalue weighted by atomic mass is 32.1. The molecular formula is C26H27N3O5S. The number of ether oxygens (including phenoxy) is 2. The molecule has 1 aromatic heterocycles. The van der Waals surface area contributed by atoms with Crippen LogP contribution in [0.3, 0.4) is 0 Å². The van der Waals surface area contributed by atoms with Crippen molar-refractivity contribution < 1.29 is 19.4 Å². The molecule has 35 heavy (non-hydrogen) atoms. The number of esters is 1. The van der Waals surface area contributed by atoms with Gasteiger partial charge in [-0.15, -0.1) is 0 Å². The summed E-state index contributed by atoms with van der Waals surface area (Å²) in [6, 6.07) is 12.0. The Bertz CT molecular complexity index is 1480. The van der Waals surface area contributed by atoms with Crippen molar-refractivity contribution in [3.05, 3.63) is 84.5 Å². The first-order chi connectivity index (χ1) is 16.7. The molecule has 182 valence electrons. The number of nitrogens with zero attached hydrogens (tertiary/aromatic N) is 3. The van der Waals surface area contributed by atoms with Crippen molar-refractivity contribution in [2.75, 3.05) is 32.7 Å². The Balaban J connectivity index is 1.91. The molecule has 0 aliphatic carbocycles. The second-order valence-electron chi connectivity index (χ2n) is 8.22. The molecule has 1 atom stereocenters. The van der Waals surface area contributed by atoms with Crippen LogP contribution < -0.4 is 24.5 Å². The number of carbonyl (C=O) groups excluding carboxylic acids is 1. The van der Waals surface area contributed by atoms with Crippen molar-refractivity contribution in [1.29, 1.82) is 0 Å². The minimum absolute atomic E-state index is 0.0201. The zero-order valence-corrected chi connectivity index (χ0v) is 21.0. The Morgan fingerprint density at radius 2 is 1.94 bits per heavy atom. The van der Waals surface area contributed by atoms with Crippen molar-refractivity contribution in [3.8, 4) is 11.5 Å². The van der Waals surface area contributed by atoms with Crippen molar-refractivity contribution >= 4 is 29.1 Å². The highest BCUT2D eigenvalue weighted by Crippen LogP contribution is 2.32. The van der Waals surface area contributed by atoms with E-state index >= 15 is 0 Å². The minimum Gasteiger partial charge on any atom is -0.504 e. The summed E-state index contributed by atoms with van der Waals surface area (Å²) < 4.78 is 12.4. The zero-order valence-electron chi connectivity index (χ0n) is 20.2. The van der Waals surface area contributed by atoms with Gasteiger partial charge in [-0.3, -0.25) is 9.36 Å². The molecule has 1 unspecified atom stereocenters. The van der Waals surface area contributed by atoms with Crippen LogP contribution in [0.15, 0.2) is 63.5 Å². The van der Waals surface area contributed by atoms with E-state index in [1.165, 1.54) is 24.5 Å². The maximum Gasteiger partial charge on any atom is 0.338 e. The number of allylic oxidation sites excluding steroid dienone is 1. The first-order valence-corrected chi connectivity index (χ1v) is 11.9. The van der Waals surface area contributed by atoms with E-state index in [-0.39, 0.29) is 17.9 Å². The quantitative estimate of drug-likeness (QED) is 0.531. The Hall–Kier alpha value is -3.85. The Morgan fingerprint density at radius 1 is 1.23 bits per heavy atom. The number of hydrogen-bond acceptors (Lipinski definition) is 8. The molecular weight excluding hydrogens is 466 g/mol. The molecule has 1 aliphatic heterocycles. The van der Waals surface area contributed by atoms with Gasteiger partial charge in [0.05, 0.1) is 35.6 Å². The molecule has 3 aromatic rings. The smallest absolute Gasteiger partial charge is 0.338 e. The number of fused-ring (bicyclic) bond motifs is 1. The van der Waals surface area contributed by atoms with Gasteiger partial charge in [0.1, 0.15) is 0 Å². The fourth-order valence-corrected chi connectivity index (χ4v) is 5.06. The van der Waals surface area contributed by atoms with Crippen LogP contribution in [0.1, 0.15) is 31.0 Å². The van der Waals surface area contributed by atoms with Gasteiger partial charge in [-0.05, 0) is 55.3 Å². The molecule has 1 aliphatic rings. The lowest BCUT2D eigenvalue weighted by Gasteiger charge is -2.25. The molecule has 0 spiro atoms. The largest absolute Gasteiger partial charge is 0.504 e. The van der Waals surface area contributed by atoms with Crippen LogP contribution in [-0.4, -0.2) is 43.5 Å². The zero-order chi connectivity index (χ0) is 25.3. The van der Waals surface area contributed by atoms with Crippen LogP contribution in [0, 0.1) is 0 Å². The van der Waals surface area contributed by atoms with Crippen LogP contribution in [0.2, 0.25) is 0 Å². The monoisotopic (exact) mass is 493 g/mol. The van der Waals surface area contributed by atoms with E-state index in [2.05, 4.69) is 4.99 Å². The molecule has 0 saturated heterocycles. The molecule has 4 rings (SSSR count). The highest BCUT2D eigenvalue weighted by molar-refractivity contribution is 7.07. The van der Waals surface area contributed by atoms with E-state index in [4.69, 9.17) is 9.47 Å². The molecule has 0 fully saturated rings. The lowest BCUT2D eigenvalue weighted by Crippen LogP contribution is -2.39. The normalized spacial score (nSPS) is 15.5. The predicted molar refractivity (Wildman–Crippen MR) is 136 cm³/mol. The summed E-state index contributed by atoms with van der Waals surface area (Å²) >= 11 is 1.23. The van der Waals surface area contributed by atoms with E-state index in [9.17, 15) is 14.7 Å². The number of aromatic hydroxyl groups is 1. The summed E-state index contributed by atoms with van der Waals surface area (Å²) in [4.78, 5) is 33.7. The van der Waals surface area contributed by atoms with E-state index in [1.807, 2.05) is 43.3 Å². The van der Waals surface area contributed by atoms with Gasteiger partial charge in [0.2, 0.25) is 0 Å². The molecule has 2 aromatic carbocycles. The fourth-order valence-electron chi connectivity index (χ4n) is 4.01. The number of phenolic OH excluding ortho intramolecular Hbond substituents is 1. The highest BCUT2D eigenvalue weighted by Gasteiger charge is 2.33. The number of hydrogen-bond donors (Lipinski definition) is 1. The average Bonchev–Trinajstić information content (AvgIpc) is 3.12. The van der Waals surface area contributed by atoms with Gasteiger partial charge in [-0.1, -0.05) is 29.5 Å². The topological polar surface area (TPSA) is 93.4 Å². The second-order valence-corrected chi connectivity index (χ2v) is 9.23. The number of carbonyl (C=O) groups is 1. The standard InChI is InChI=1S/C26H27N3O5S/c1-6-34-25(32)22-15(2)27-26-29(23(22)17-8-10-18(11-9-17)28(3)4)24(31)21(35-26)14-16-7-12-20(33-5)19(30)13-16/h7-14,23,30H,6H2,1-5H3/b21-14-. The lowest BCUT2D eigenvalue weighted by molar-refractivity contribution is -0.139. The maximum absolute atomic E-state index is 13.6. The third-order valence-electron chi connectivity index (χ3n) is 5.74. The van der Waals surface area contributed by atoms with Crippen LogP contribution >= 0.6 is 11.3 Å². The summed E-state index contributed by atoms with van der Waals surface area (Å²) in [7, 11) is 5.37. The van der Waals surface area contributed by atoms with Gasteiger partial charge in [-0.2, -0.15) is 0 Å². The van der Waals surface area contributed by atoms with Crippen LogP contribution in [0.25, 0.3) is 6.08 Å². The van der Waals surface area contributed by atoms with Gasteiger partial charge in [0.15, 0.2) is 16.3 Å². The molecule has 8 nitrogen and oxygen atoms in total. The number of thiazole rings is 1. The Morgan fingerprint density at radius 3 is 2.54 bits per heavy atom. The van der Waals surface area contributed by atoms with E-state index in [1.54, 1.807) is 36.6 Å². The van der Waals surface area contributed by atoms with E-state index in [0.717, 1.165) is 11.3 Å². The first kappa shape index (κ1) is 24.3. The van der Waals surface area contributed by atoms with Crippen molar-refractivity contribution in [2.24, 2.45) is 4.99 Å². The molecule has 0 saturated carbocycles. The third kappa shape index (κ3) is 4.59. The molecule has 0 amide bonds. The number of benzene rings is 2. The van der Waals surface area contributed by atoms with Crippen molar-refractivity contribution in [2.45, 2.75) is 19.9 Å². The summed E-state index contributed by atoms with van der Waals surface area (Å²) in [6.45, 7) is 3.72. The minimum atomic E-state index is -0.673. The Kier molecular flexibility index (Phi) is 6.79. The molecule has 0 radical (unpaired) electrons. The SMILES string of the molecule is CCOC(=O)C1=C(C)N=c2s/c(=C\c3ccc(OC)c(O)c3)c(=O)n2C1c1ccc(N(C)C)cc1. The van der Waals surface area contributed by atoms with Gasteiger partial charge in [0, 0.05) is 19.8 Å². The van der Waals surface area contributed by atoms with Gasteiger partial charge >= 0.3 is 5.97 Å². The summed E-state index contributed by atoms with van der Waals surface area (Å²) in [5.41, 5.74) is 2.99. The number of anilines is 1. The van der Waals surface area contributed by atoms with Gasteiger partial charge in [0.25, 0.3) is 5.56 Å². The molecule has 1 N–H and O–H groups in total. The number of methoxy groups -OCH3 is 1. The van der Waals surface area contributed by atoms with Crippen molar-refractivity contribution in [3.63, 3.8) is 0 Å². The Labute approximate surface area is 206 Å². The average molecular weight is 494 g/mol. The first-order valence-electron chi connectivity index (χ1n) is 11.1. The lowest BCUT2D eigenvalue weighted by atomic mass is 9.95. The van der Waals surface area contributed by atoms with Crippen molar-refractivity contribution in [1.82, 2.24) is 4.57 Å². The summed E-state index contributed by atoms with van der Waals surface area (Å²) in [5.74, 6) is -0.169. The van der Waals surface area contributed by atoms with E-state index in [0.29, 0.717) is 31.9 Å². The van der Waals surface area contributed by atoms with Crippen LogP contribution in [-0.2, 0) is 9.53 Å². The van der Waals surface area contributed by atoms with Gasteiger partial charge < -0.3 is 19.5 Å². The molecule has 2 heterocycles. The predicted octanol–water partition coefficient (Wildman–Crippen LogP) is 2.58. The third-order valence-corrected chi connectivity index (χ3v) is 6.73. The fraction of sp³-hybridized carbons (Fsp3) is 0.269. The number of phenols is 1. The van der Waals surface area contributed by atoms with Crippen LogP contribution in [0.4, 0.5) is 5.69 Å².